The number of benzene rings is 2. The van der Waals surface area contributed by atoms with Gasteiger partial charge in [0.2, 0.25) is 5.96 Å². The quantitative estimate of drug-likeness (QED) is 0.512. The third kappa shape index (κ3) is 3.56. The summed E-state index contributed by atoms with van der Waals surface area (Å²) in [6, 6.07) is 15.4. The Morgan fingerprint density at radius 1 is 1.00 bits per heavy atom. The van der Waals surface area contributed by atoms with E-state index in [0.29, 0.717) is 5.02 Å². The molecular formula is C14H13ClN4. The molecule has 2 rings (SSSR count). The second-order valence-corrected chi connectivity index (χ2v) is 4.30. The second kappa shape index (κ2) is 6.02. The van der Waals surface area contributed by atoms with Gasteiger partial charge in [-0.3, -0.25) is 0 Å². The summed E-state index contributed by atoms with van der Waals surface area (Å²) in [4.78, 5) is 0. The Labute approximate surface area is 116 Å². The molecule has 0 fully saturated rings. The lowest BCUT2D eigenvalue weighted by atomic mass is 10.0. The maximum absolute atomic E-state index is 5.89. The molecule has 0 aliphatic rings. The summed E-state index contributed by atoms with van der Waals surface area (Å²) in [5.41, 5.74) is 13.5. The Morgan fingerprint density at radius 2 is 1.68 bits per heavy atom. The van der Waals surface area contributed by atoms with Crippen molar-refractivity contribution in [2.75, 3.05) is 0 Å². The van der Waals surface area contributed by atoms with E-state index in [1.165, 1.54) is 0 Å². The van der Waals surface area contributed by atoms with Gasteiger partial charge in [-0.1, -0.05) is 48.0 Å². The molecule has 0 heterocycles. The van der Waals surface area contributed by atoms with Crippen molar-refractivity contribution in [3.8, 4) is 11.1 Å². The highest BCUT2D eigenvalue weighted by Gasteiger charge is 2.02. The van der Waals surface area contributed by atoms with Gasteiger partial charge in [0.25, 0.3) is 0 Å². The molecule has 0 unspecified atom stereocenters. The molecule has 2 aromatic carbocycles. The molecule has 4 nitrogen and oxygen atoms in total. The van der Waals surface area contributed by atoms with Crippen LogP contribution in [0, 0.1) is 0 Å². The van der Waals surface area contributed by atoms with Crippen LogP contribution in [0.25, 0.3) is 11.1 Å². The Hall–Kier alpha value is -2.33. The van der Waals surface area contributed by atoms with Gasteiger partial charge in [-0.05, 0) is 23.3 Å². The topological polar surface area (TPSA) is 76.8 Å². The molecule has 0 aliphatic heterocycles. The van der Waals surface area contributed by atoms with Gasteiger partial charge in [0.15, 0.2) is 0 Å². The zero-order valence-corrected chi connectivity index (χ0v) is 10.9. The molecule has 0 saturated heterocycles. The number of rotatable bonds is 3. The molecule has 0 aromatic heterocycles. The van der Waals surface area contributed by atoms with E-state index >= 15 is 0 Å². The van der Waals surface area contributed by atoms with Crippen LogP contribution in [0.4, 0.5) is 0 Å². The fourth-order valence-corrected chi connectivity index (χ4v) is 1.79. The first-order chi connectivity index (χ1) is 9.16. The summed E-state index contributed by atoms with van der Waals surface area (Å²) in [5.74, 6) is -0.0692. The highest BCUT2D eigenvalue weighted by atomic mass is 35.5. The largest absolute Gasteiger partial charge is 0.369 e. The lowest BCUT2D eigenvalue weighted by Gasteiger charge is -2.05. The predicted molar refractivity (Wildman–Crippen MR) is 80.3 cm³/mol. The van der Waals surface area contributed by atoms with Crippen molar-refractivity contribution in [1.29, 1.82) is 0 Å². The van der Waals surface area contributed by atoms with Crippen molar-refractivity contribution in [1.82, 2.24) is 0 Å². The molecular weight excluding hydrogens is 260 g/mol. The van der Waals surface area contributed by atoms with E-state index in [9.17, 15) is 0 Å². The Bertz CT molecular complexity index is 614. The van der Waals surface area contributed by atoms with E-state index in [4.69, 9.17) is 23.1 Å². The van der Waals surface area contributed by atoms with E-state index in [-0.39, 0.29) is 5.96 Å². The van der Waals surface area contributed by atoms with Crippen LogP contribution in [0.15, 0.2) is 58.7 Å². The lowest BCUT2D eigenvalue weighted by Crippen LogP contribution is -2.21. The summed E-state index contributed by atoms with van der Waals surface area (Å²) in [7, 11) is 0. The van der Waals surface area contributed by atoms with Crippen molar-refractivity contribution in [3.63, 3.8) is 0 Å². The number of hydrogen-bond donors (Lipinski definition) is 2. The van der Waals surface area contributed by atoms with Crippen molar-refractivity contribution >= 4 is 23.8 Å². The van der Waals surface area contributed by atoms with Crippen molar-refractivity contribution in [2.24, 2.45) is 21.7 Å². The van der Waals surface area contributed by atoms with Crippen LogP contribution >= 0.6 is 11.6 Å². The van der Waals surface area contributed by atoms with Gasteiger partial charge >= 0.3 is 0 Å². The summed E-state index contributed by atoms with van der Waals surface area (Å²) in [6.45, 7) is 0. The van der Waals surface area contributed by atoms with Crippen LogP contribution in [0.5, 0.6) is 0 Å². The van der Waals surface area contributed by atoms with Crippen LogP contribution < -0.4 is 11.5 Å². The molecule has 0 radical (unpaired) electrons. The standard InChI is InChI=1S/C14H13ClN4/c15-12-7-5-10(6-8-12)13-4-2-1-3-11(13)9-18-19-14(16)17/h1-9H,(H4,16,17,19). The average molecular weight is 273 g/mol. The molecule has 5 heteroatoms. The van der Waals surface area contributed by atoms with Gasteiger partial charge in [0.05, 0.1) is 6.21 Å². The number of nitrogens with zero attached hydrogens (tertiary/aromatic N) is 2. The summed E-state index contributed by atoms with van der Waals surface area (Å²) in [6.07, 6.45) is 1.61. The van der Waals surface area contributed by atoms with Gasteiger partial charge in [0.1, 0.15) is 0 Å². The highest BCUT2D eigenvalue weighted by Crippen LogP contribution is 2.24. The van der Waals surface area contributed by atoms with Crippen molar-refractivity contribution < 1.29 is 0 Å². The monoisotopic (exact) mass is 272 g/mol. The first-order valence-electron chi connectivity index (χ1n) is 5.64. The second-order valence-electron chi connectivity index (χ2n) is 3.86. The van der Waals surface area contributed by atoms with Crippen LogP contribution in [0.2, 0.25) is 5.02 Å². The fraction of sp³-hybridized carbons (Fsp3) is 0. The van der Waals surface area contributed by atoms with Crippen LogP contribution in [0.1, 0.15) is 5.56 Å². The minimum atomic E-state index is -0.0692. The van der Waals surface area contributed by atoms with E-state index in [1.807, 2.05) is 48.5 Å². The van der Waals surface area contributed by atoms with E-state index < -0.39 is 0 Å². The zero-order chi connectivity index (χ0) is 13.7. The summed E-state index contributed by atoms with van der Waals surface area (Å²) in [5, 5.41) is 8.13. The molecule has 96 valence electrons. The van der Waals surface area contributed by atoms with Gasteiger partial charge in [-0.25, -0.2) is 0 Å². The Kier molecular flexibility index (Phi) is 4.15. The van der Waals surface area contributed by atoms with Crippen LogP contribution in [-0.2, 0) is 0 Å². The first-order valence-corrected chi connectivity index (χ1v) is 6.01. The summed E-state index contributed by atoms with van der Waals surface area (Å²) < 4.78 is 0. The number of guanidine groups is 1. The molecule has 2 aromatic rings. The summed E-state index contributed by atoms with van der Waals surface area (Å²) >= 11 is 5.89. The first kappa shape index (κ1) is 13.1. The molecule has 0 atom stereocenters. The Balaban J connectivity index is 2.38. The van der Waals surface area contributed by atoms with Crippen LogP contribution in [-0.4, -0.2) is 12.2 Å². The Morgan fingerprint density at radius 3 is 2.37 bits per heavy atom. The lowest BCUT2D eigenvalue weighted by molar-refractivity contribution is 1.21. The maximum Gasteiger partial charge on any atom is 0.211 e. The third-order valence-electron chi connectivity index (χ3n) is 2.49. The molecule has 0 amide bonds. The van der Waals surface area contributed by atoms with Crippen molar-refractivity contribution in [2.45, 2.75) is 0 Å². The van der Waals surface area contributed by atoms with Gasteiger partial charge in [0, 0.05) is 10.6 Å². The van der Waals surface area contributed by atoms with Crippen LogP contribution in [0.3, 0.4) is 0 Å². The molecule has 0 spiro atoms. The van der Waals surface area contributed by atoms with Gasteiger partial charge in [-0.2, -0.15) is 5.10 Å². The minimum Gasteiger partial charge on any atom is -0.369 e. The van der Waals surface area contributed by atoms with Gasteiger partial charge < -0.3 is 11.5 Å². The highest BCUT2D eigenvalue weighted by molar-refractivity contribution is 6.30. The SMILES string of the molecule is NC(N)=NN=Cc1ccccc1-c1ccc(Cl)cc1. The number of hydrogen-bond acceptors (Lipinski definition) is 2. The molecule has 0 bridgehead atoms. The van der Waals surface area contributed by atoms with Gasteiger partial charge in [-0.15, -0.1) is 5.10 Å². The predicted octanol–water partition coefficient (Wildman–Crippen LogP) is 2.61. The van der Waals surface area contributed by atoms with E-state index in [1.54, 1.807) is 6.21 Å². The van der Waals surface area contributed by atoms with E-state index in [0.717, 1.165) is 16.7 Å². The molecule has 19 heavy (non-hydrogen) atoms. The number of nitrogens with two attached hydrogens (primary N) is 2. The fourth-order valence-electron chi connectivity index (χ4n) is 1.66. The minimum absolute atomic E-state index is 0.0692. The maximum atomic E-state index is 5.89. The molecule has 0 aliphatic carbocycles. The van der Waals surface area contributed by atoms with E-state index in [2.05, 4.69) is 10.2 Å². The molecule has 0 saturated carbocycles. The van der Waals surface area contributed by atoms with Crippen molar-refractivity contribution in [3.05, 3.63) is 59.1 Å². The molecule has 4 N–H and O–H groups in total. The third-order valence-corrected chi connectivity index (χ3v) is 2.74. The number of halogens is 1. The zero-order valence-electron chi connectivity index (χ0n) is 10.1. The smallest absolute Gasteiger partial charge is 0.211 e. The normalized spacial score (nSPS) is 10.6. The average Bonchev–Trinajstić information content (AvgIpc) is 2.40.